The molecule has 4 nitrogen and oxygen atoms in total. The molecule has 12 heavy (non-hydrogen) atoms. The normalized spacial score (nSPS) is 18.1. The van der Waals surface area contributed by atoms with E-state index in [9.17, 15) is 4.79 Å². The van der Waals surface area contributed by atoms with Gasteiger partial charge in [-0.3, -0.25) is 4.79 Å². The summed E-state index contributed by atoms with van der Waals surface area (Å²) in [4.78, 5) is 12.9. The largest absolute Gasteiger partial charge is 0.384 e. The molecule has 1 heterocycles. The topological polar surface area (TPSA) is 45.0 Å². The van der Waals surface area contributed by atoms with Crippen LogP contribution in [0.3, 0.4) is 0 Å². The molecule has 0 saturated heterocycles. The Morgan fingerprint density at radius 3 is 2.92 bits per heavy atom. The number of hydrogen-bond donors (Lipinski definition) is 0. The molecule has 0 saturated carbocycles. The summed E-state index contributed by atoms with van der Waals surface area (Å²) in [5.41, 5.74) is 1.25. The highest BCUT2D eigenvalue weighted by Crippen LogP contribution is 2.18. The van der Waals surface area contributed by atoms with Crippen LogP contribution in [0.5, 0.6) is 0 Å². The molecule has 0 N–H and O–H groups in total. The molecular formula is C7H10BN3O. The van der Waals surface area contributed by atoms with Gasteiger partial charge in [0.2, 0.25) is 7.98 Å². The zero-order chi connectivity index (χ0) is 9.14. The van der Waals surface area contributed by atoms with Gasteiger partial charge < -0.3 is 4.81 Å². The molecule has 1 aliphatic heterocycles. The van der Waals surface area contributed by atoms with Crippen LogP contribution >= 0.6 is 0 Å². The fourth-order valence-electron chi connectivity index (χ4n) is 1.09. The SMILES string of the molecule is BN1CC(C=C)=C(/N=N\C)C1=O. The van der Waals surface area contributed by atoms with Crippen molar-refractivity contribution in [2.75, 3.05) is 13.6 Å². The number of nitrogens with zero attached hydrogens (tertiary/aromatic N) is 3. The van der Waals surface area contributed by atoms with Gasteiger partial charge in [0, 0.05) is 19.2 Å². The first-order valence-electron chi connectivity index (χ1n) is 3.61. The first-order chi connectivity index (χ1) is 5.70. The minimum atomic E-state index is -0.0875. The lowest BCUT2D eigenvalue weighted by Crippen LogP contribution is -2.23. The molecular weight excluding hydrogens is 153 g/mol. The zero-order valence-corrected chi connectivity index (χ0v) is 7.24. The Labute approximate surface area is 72.1 Å². The van der Waals surface area contributed by atoms with Gasteiger partial charge in [0.15, 0.2) is 5.70 Å². The van der Waals surface area contributed by atoms with Crippen LogP contribution in [0.4, 0.5) is 0 Å². The lowest BCUT2D eigenvalue weighted by Gasteiger charge is -2.06. The minimum Gasteiger partial charge on any atom is -0.384 e. The molecule has 1 rings (SSSR count). The van der Waals surface area contributed by atoms with E-state index in [1.54, 1.807) is 25.9 Å². The van der Waals surface area contributed by atoms with E-state index in [0.717, 1.165) is 5.57 Å². The third-order valence-electron chi connectivity index (χ3n) is 1.71. The van der Waals surface area contributed by atoms with Crippen molar-refractivity contribution >= 4 is 13.9 Å². The molecule has 0 radical (unpaired) electrons. The summed E-state index contributed by atoms with van der Waals surface area (Å²) >= 11 is 0. The highest BCUT2D eigenvalue weighted by Gasteiger charge is 2.25. The standard InChI is InChI=1S/C7H10BN3O/c1-3-5-4-11(8)7(12)6(5)10-9-2/h3H,1,4,8H2,2H3/b10-9-. The van der Waals surface area contributed by atoms with Gasteiger partial charge in [-0.25, -0.2) is 0 Å². The predicted molar refractivity (Wildman–Crippen MR) is 48.3 cm³/mol. The molecule has 62 valence electrons. The van der Waals surface area contributed by atoms with E-state index in [-0.39, 0.29) is 5.91 Å². The molecule has 0 unspecified atom stereocenters. The quantitative estimate of drug-likeness (QED) is 0.414. The number of carbonyl (C=O) groups is 1. The van der Waals surface area contributed by atoms with Crippen LogP contribution in [0.2, 0.25) is 0 Å². The monoisotopic (exact) mass is 163 g/mol. The minimum absolute atomic E-state index is 0.0875. The van der Waals surface area contributed by atoms with Crippen LogP contribution in [-0.2, 0) is 4.79 Å². The molecule has 0 aromatic rings. The van der Waals surface area contributed by atoms with Gasteiger partial charge >= 0.3 is 0 Å². The van der Waals surface area contributed by atoms with Crippen molar-refractivity contribution in [2.24, 2.45) is 10.2 Å². The van der Waals surface area contributed by atoms with Crippen LogP contribution in [0.15, 0.2) is 34.2 Å². The molecule has 5 heteroatoms. The van der Waals surface area contributed by atoms with Crippen LogP contribution < -0.4 is 0 Å². The Morgan fingerprint density at radius 2 is 2.42 bits per heavy atom. The summed E-state index contributed by atoms with van der Waals surface area (Å²) in [5, 5.41) is 7.32. The fraction of sp³-hybridized carbons (Fsp3) is 0.286. The molecule has 0 spiro atoms. The molecule has 0 aromatic heterocycles. The summed E-state index contributed by atoms with van der Waals surface area (Å²) in [5.74, 6) is -0.0875. The predicted octanol–water partition coefficient (Wildman–Crippen LogP) is -0.101. The Balaban J connectivity index is 3.02. The number of carbonyl (C=O) groups excluding carboxylic acids is 1. The zero-order valence-electron chi connectivity index (χ0n) is 7.24. The molecule has 1 amide bonds. The highest BCUT2D eigenvalue weighted by molar-refractivity contribution is 6.19. The maximum atomic E-state index is 11.3. The number of azo groups is 1. The van der Waals surface area contributed by atoms with Crippen LogP contribution in [-0.4, -0.2) is 32.3 Å². The van der Waals surface area contributed by atoms with E-state index in [1.165, 1.54) is 0 Å². The summed E-state index contributed by atoms with van der Waals surface area (Å²) in [6, 6.07) is 0. The maximum Gasteiger partial charge on any atom is 0.262 e. The average Bonchev–Trinajstić information content (AvgIpc) is 2.33. The fourth-order valence-corrected chi connectivity index (χ4v) is 1.09. The van der Waals surface area contributed by atoms with Gasteiger partial charge in [0.1, 0.15) is 0 Å². The number of rotatable bonds is 2. The van der Waals surface area contributed by atoms with Crippen LogP contribution in [0.1, 0.15) is 0 Å². The molecule has 0 aliphatic carbocycles. The smallest absolute Gasteiger partial charge is 0.262 e. The summed E-state index contributed by atoms with van der Waals surface area (Å²) in [6.45, 7) is 4.19. The van der Waals surface area contributed by atoms with Crippen LogP contribution in [0.25, 0.3) is 0 Å². The summed E-state index contributed by atoms with van der Waals surface area (Å²) in [6.07, 6.45) is 1.64. The van der Waals surface area contributed by atoms with Crippen molar-refractivity contribution in [1.82, 2.24) is 4.81 Å². The van der Waals surface area contributed by atoms with E-state index in [0.29, 0.717) is 12.2 Å². The van der Waals surface area contributed by atoms with Crippen molar-refractivity contribution in [3.05, 3.63) is 23.9 Å². The third-order valence-corrected chi connectivity index (χ3v) is 1.71. The second kappa shape index (κ2) is 3.34. The highest BCUT2D eigenvalue weighted by atomic mass is 16.2. The van der Waals surface area contributed by atoms with E-state index >= 15 is 0 Å². The second-order valence-electron chi connectivity index (χ2n) is 2.54. The van der Waals surface area contributed by atoms with Crippen molar-refractivity contribution in [2.45, 2.75) is 0 Å². The van der Waals surface area contributed by atoms with Crippen molar-refractivity contribution < 1.29 is 4.79 Å². The number of hydrogen-bond acceptors (Lipinski definition) is 3. The first-order valence-corrected chi connectivity index (χ1v) is 3.61. The lowest BCUT2D eigenvalue weighted by molar-refractivity contribution is -0.121. The molecule has 0 aromatic carbocycles. The first kappa shape index (κ1) is 8.71. The Morgan fingerprint density at radius 1 is 1.75 bits per heavy atom. The van der Waals surface area contributed by atoms with E-state index < -0.39 is 0 Å². The van der Waals surface area contributed by atoms with E-state index in [4.69, 9.17) is 0 Å². The molecule has 0 fully saturated rings. The second-order valence-corrected chi connectivity index (χ2v) is 2.54. The van der Waals surface area contributed by atoms with Gasteiger partial charge in [0.25, 0.3) is 5.91 Å². The third kappa shape index (κ3) is 1.30. The Hall–Kier alpha value is -1.39. The summed E-state index contributed by atoms with van der Waals surface area (Å²) < 4.78 is 0. The Kier molecular flexibility index (Phi) is 2.42. The van der Waals surface area contributed by atoms with Gasteiger partial charge in [0.05, 0.1) is 0 Å². The van der Waals surface area contributed by atoms with Gasteiger partial charge in [-0.2, -0.15) is 10.2 Å². The van der Waals surface area contributed by atoms with Crippen LogP contribution in [0, 0.1) is 0 Å². The van der Waals surface area contributed by atoms with Gasteiger partial charge in [-0.1, -0.05) is 12.7 Å². The van der Waals surface area contributed by atoms with Gasteiger partial charge in [-0.15, -0.1) is 0 Å². The maximum absolute atomic E-state index is 11.3. The van der Waals surface area contributed by atoms with Crippen molar-refractivity contribution in [1.29, 1.82) is 0 Å². The number of amides is 1. The van der Waals surface area contributed by atoms with E-state index in [2.05, 4.69) is 16.8 Å². The summed E-state index contributed by atoms with van der Waals surface area (Å²) in [7, 11) is 3.27. The lowest BCUT2D eigenvalue weighted by atomic mass is 10.2. The van der Waals surface area contributed by atoms with Crippen molar-refractivity contribution in [3.8, 4) is 0 Å². The molecule has 0 bridgehead atoms. The van der Waals surface area contributed by atoms with Crippen molar-refractivity contribution in [3.63, 3.8) is 0 Å². The average molecular weight is 163 g/mol. The van der Waals surface area contributed by atoms with Gasteiger partial charge in [-0.05, 0) is 0 Å². The van der Waals surface area contributed by atoms with E-state index in [1.807, 2.05) is 0 Å². The molecule has 1 aliphatic rings. The molecule has 0 atom stereocenters. The Bertz CT molecular complexity index is 282.